The third-order valence-corrected chi connectivity index (χ3v) is 9.33. The molecule has 5 nitrogen and oxygen atoms in total. The van der Waals surface area contributed by atoms with Crippen molar-refractivity contribution in [2.24, 2.45) is 0 Å². The first-order chi connectivity index (χ1) is 27.0. The summed E-state index contributed by atoms with van der Waals surface area (Å²) in [4.78, 5) is 4.41. The maximum Gasteiger partial charge on any atom is 0.119 e. The van der Waals surface area contributed by atoms with E-state index in [9.17, 15) is 10.5 Å². The van der Waals surface area contributed by atoms with Crippen LogP contribution >= 0.6 is 0 Å². The lowest BCUT2D eigenvalue weighted by Gasteiger charge is -2.25. The molecule has 0 fully saturated rings. The molecule has 0 saturated heterocycles. The second kappa shape index (κ2) is 16.8. The van der Waals surface area contributed by atoms with Crippen molar-refractivity contribution in [1.29, 1.82) is 10.5 Å². The molecule has 7 rings (SSSR count). The molecule has 7 aromatic rings. The van der Waals surface area contributed by atoms with Gasteiger partial charge in [0.25, 0.3) is 0 Å². The van der Waals surface area contributed by atoms with Crippen LogP contribution in [0.5, 0.6) is 5.75 Å². The molecule has 0 saturated carbocycles. The first-order valence-electron chi connectivity index (χ1n) is 18.0. The molecule has 7 aromatic carbocycles. The average Bonchev–Trinajstić information content (AvgIpc) is 3.25. The van der Waals surface area contributed by atoms with E-state index in [0.29, 0.717) is 22.3 Å². The zero-order valence-electron chi connectivity index (χ0n) is 30.7. The highest BCUT2D eigenvalue weighted by Crippen LogP contribution is 2.36. The van der Waals surface area contributed by atoms with E-state index >= 15 is 0 Å². The lowest BCUT2D eigenvalue weighted by atomic mass is 9.97. The Hall–Kier alpha value is -7.60. The number of nitrogens with zero attached hydrogens (tertiary/aromatic N) is 4. The Kier molecular flexibility index (Phi) is 10.9. The minimum Gasteiger partial charge on any atom is -0.497 e. The van der Waals surface area contributed by atoms with Crippen LogP contribution in [0.2, 0.25) is 0 Å². The van der Waals surface area contributed by atoms with Crippen LogP contribution in [0.25, 0.3) is 24.3 Å². The molecule has 55 heavy (non-hydrogen) atoms. The summed E-state index contributed by atoms with van der Waals surface area (Å²) >= 11 is 0. The summed E-state index contributed by atoms with van der Waals surface area (Å²) in [6.45, 7) is 2.09. The van der Waals surface area contributed by atoms with Gasteiger partial charge in [0, 0.05) is 34.1 Å². The van der Waals surface area contributed by atoms with Crippen LogP contribution in [0.3, 0.4) is 0 Å². The first kappa shape index (κ1) is 35.8. The predicted molar refractivity (Wildman–Crippen MR) is 227 cm³/mol. The van der Waals surface area contributed by atoms with Crippen molar-refractivity contribution < 1.29 is 4.74 Å². The Bertz CT molecular complexity index is 2510. The quantitative estimate of drug-likeness (QED) is 0.125. The van der Waals surface area contributed by atoms with Gasteiger partial charge in [-0.25, -0.2) is 0 Å². The van der Waals surface area contributed by atoms with Gasteiger partial charge in [0.15, 0.2) is 0 Å². The number of anilines is 6. The molecule has 0 aliphatic heterocycles. The van der Waals surface area contributed by atoms with Crippen molar-refractivity contribution >= 4 is 58.4 Å². The fraction of sp³-hybridized carbons (Fsp3) is 0.0400. The Morgan fingerprint density at radius 3 is 1.15 bits per heavy atom. The molecule has 0 N–H and O–H groups in total. The SMILES string of the molecule is COc1ccc(N(c2ccccc2)c2ccc(C=Cc3cc(C#N)c(C=Cc4ccc(N(c5ccccc5)c5ccc(C)cc5)cc4)cc3C#N)cc2)cc1. The highest BCUT2D eigenvalue weighted by atomic mass is 16.5. The third-order valence-electron chi connectivity index (χ3n) is 9.33. The zero-order valence-corrected chi connectivity index (χ0v) is 30.7. The monoisotopic (exact) mass is 710 g/mol. The van der Waals surface area contributed by atoms with Gasteiger partial charge in [-0.15, -0.1) is 0 Å². The van der Waals surface area contributed by atoms with Gasteiger partial charge >= 0.3 is 0 Å². The molecule has 0 atom stereocenters. The van der Waals surface area contributed by atoms with E-state index in [2.05, 4.69) is 114 Å². The highest BCUT2D eigenvalue weighted by molar-refractivity contribution is 5.82. The van der Waals surface area contributed by atoms with Crippen LogP contribution in [-0.2, 0) is 0 Å². The van der Waals surface area contributed by atoms with Gasteiger partial charge in [-0.3, -0.25) is 0 Å². The molecular formula is C50H38N4O. The Labute approximate surface area is 323 Å². The molecule has 0 radical (unpaired) electrons. The number of ether oxygens (including phenoxy) is 1. The van der Waals surface area contributed by atoms with E-state index in [1.54, 1.807) is 19.2 Å². The van der Waals surface area contributed by atoms with Crippen molar-refractivity contribution in [2.45, 2.75) is 6.92 Å². The molecule has 0 amide bonds. The number of aryl methyl sites for hydroxylation is 1. The van der Waals surface area contributed by atoms with E-state index < -0.39 is 0 Å². The summed E-state index contributed by atoms with van der Waals surface area (Å²) in [5.41, 5.74) is 11.8. The van der Waals surface area contributed by atoms with E-state index in [4.69, 9.17) is 4.74 Å². The fourth-order valence-corrected chi connectivity index (χ4v) is 6.42. The smallest absolute Gasteiger partial charge is 0.119 e. The van der Waals surface area contributed by atoms with Crippen LogP contribution in [-0.4, -0.2) is 7.11 Å². The average molecular weight is 711 g/mol. The van der Waals surface area contributed by atoms with Crippen molar-refractivity contribution in [1.82, 2.24) is 0 Å². The maximum absolute atomic E-state index is 10.1. The Balaban J connectivity index is 1.10. The molecule has 264 valence electrons. The molecule has 0 aliphatic carbocycles. The molecule has 0 aromatic heterocycles. The molecule has 0 spiro atoms. The summed E-state index contributed by atoms with van der Waals surface area (Å²) in [6.07, 6.45) is 7.73. The van der Waals surface area contributed by atoms with Crippen molar-refractivity contribution in [2.75, 3.05) is 16.9 Å². The largest absolute Gasteiger partial charge is 0.497 e. The number of rotatable bonds is 11. The molecule has 0 aliphatic rings. The predicted octanol–water partition coefficient (Wildman–Crippen LogP) is 13.0. The van der Waals surface area contributed by atoms with Crippen LogP contribution in [0.15, 0.2) is 170 Å². The molecule has 0 bridgehead atoms. The van der Waals surface area contributed by atoms with Gasteiger partial charge in [-0.2, -0.15) is 10.5 Å². The van der Waals surface area contributed by atoms with Crippen molar-refractivity contribution in [3.05, 3.63) is 209 Å². The van der Waals surface area contributed by atoms with Gasteiger partial charge in [-0.05, 0) is 126 Å². The Morgan fingerprint density at radius 2 is 0.782 bits per heavy atom. The normalized spacial score (nSPS) is 10.9. The van der Waals surface area contributed by atoms with E-state index in [0.717, 1.165) is 51.0 Å². The molecule has 5 heteroatoms. The van der Waals surface area contributed by atoms with Gasteiger partial charge < -0.3 is 14.5 Å². The van der Waals surface area contributed by atoms with Gasteiger partial charge in [0.05, 0.1) is 30.4 Å². The topological polar surface area (TPSA) is 63.3 Å². The summed E-state index contributed by atoms with van der Waals surface area (Å²) < 4.78 is 5.37. The number of para-hydroxylation sites is 2. The minimum atomic E-state index is 0.494. The summed E-state index contributed by atoms with van der Waals surface area (Å²) in [7, 11) is 1.66. The fourth-order valence-electron chi connectivity index (χ4n) is 6.42. The lowest BCUT2D eigenvalue weighted by molar-refractivity contribution is 0.415. The van der Waals surface area contributed by atoms with Crippen molar-refractivity contribution in [3.63, 3.8) is 0 Å². The minimum absolute atomic E-state index is 0.494. The van der Waals surface area contributed by atoms with Gasteiger partial charge in [-0.1, -0.05) is 103 Å². The van der Waals surface area contributed by atoms with E-state index in [1.165, 1.54) is 5.56 Å². The van der Waals surface area contributed by atoms with Crippen LogP contribution < -0.4 is 14.5 Å². The first-order valence-corrected chi connectivity index (χ1v) is 18.0. The summed E-state index contributed by atoms with van der Waals surface area (Å²) in [6, 6.07) is 61.8. The van der Waals surface area contributed by atoms with E-state index in [1.807, 2.05) is 97.1 Å². The number of nitriles is 2. The number of benzene rings is 7. The van der Waals surface area contributed by atoms with Gasteiger partial charge in [0.1, 0.15) is 5.75 Å². The second-order valence-electron chi connectivity index (χ2n) is 13.0. The van der Waals surface area contributed by atoms with Gasteiger partial charge in [0.2, 0.25) is 0 Å². The third kappa shape index (κ3) is 8.39. The van der Waals surface area contributed by atoms with Crippen LogP contribution in [0, 0.1) is 29.6 Å². The molecular weight excluding hydrogens is 673 g/mol. The highest BCUT2D eigenvalue weighted by Gasteiger charge is 2.14. The molecule has 0 heterocycles. The number of hydrogen-bond acceptors (Lipinski definition) is 5. The van der Waals surface area contributed by atoms with Crippen LogP contribution in [0.1, 0.15) is 38.9 Å². The number of hydrogen-bond donors (Lipinski definition) is 0. The standard InChI is InChI=1S/C50H38N4O/c1-37-13-23-46(24-14-37)53(44-9-5-3-6-10-44)47-25-17-38(18-26-47)15-21-40-33-43(36-52)41(34-42(40)35-51)22-16-39-19-27-48(28-20-39)54(45-11-7-4-8-12-45)49-29-31-50(55-2)32-30-49/h3-34H,1-2H3. The lowest BCUT2D eigenvalue weighted by Crippen LogP contribution is -2.09. The summed E-state index contributed by atoms with van der Waals surface area (Å²) in [5, 5.41) is 20.2. The van der Waals surface area contributed by atoms with Crippen molar-refractivity contribution in [3.8, 4) is 17.9 Å². The van der Waals surface area contributed by atoms with E-state index in [-0.39, 0.29) is 0 Å². The second-order valence-corrected chi connectivity index (χ2v) is 13.0. The maximum atomic E-state index is 10.1. The number of methoxy groups -OCH3 is 1. The summed E-state index contributed by atoms with van der Waals surface area (Å²) in [5.74, 6) is 0.799. The van der Waals surface area contributed by atoms with Crippen LogP contribution in [0.4, 0.5) is 34.1 Å². The zero-order chi connectivity index (χ0) is 38.0. The Morgan fingerprint density at radius 1 is 0.436 bits per heavy atom. The molecule has 0 unspecified atom stereocenters.